The highest BCUT2D eigenvalue weighted by Crippen LogP contribution is 2.50. The average molecular weight is 675 g/mol. The van der Waals surface area contributed by atoms with Crippen LogP contribution in [-0.2, 0) is 34.3 Å². The zero-order valence-corrected chi connectivity index (χ0v) is 28.7. The molecule has 2 bridgehead atoms. The van der Waals surface area contributed by atoms with Crippen molar-refractivity contribution < 1.29 is 37.9 Å². The van der Waals surface area contributed by atoms with Crippen LogP contribution in [0.25, 0.3) is 0 Å². The molecular formula is C31H51N2O8PS2. The third kappa shape index (κ3) is 10.7. The van der Waals surface area contributed by atoms with Gasteiger partial charge in [0, 0.05) is 13.0 Å². The van der Waals surface area contributed by atoms with E-state index in [1.54, 1.807) is 23.5 Å². The Morgan fingerprint density at radius 3 is 2.66 bits per heavy atom. The van der Waals surface area contributed by atoms with Crippen LogP contribution < -0.4 is 10.6 Å². The highest BCUT2D eigenvalue weighted by molar-refractivity contribution is 8.00. The van der Waals surface area contributed by atoms with Gasteiger partial charge in [-0.2, -0.15) is 23.5 Å². The number of carbonyl (C=O) groups is 1. The van der Waals surface area contributed by atoms with E-state index in [1.165, 1.54) is 0 Å². The fourth-order valence-electron chi connectivity index (χ4n) is 6.13. The summed E-state index contributed by atoms with van der Waals surface area (Å²) in [5.41, 5.74) is 1.09. The minimum atomic E-state index is -4.50. The summed E-state index contributed by atoms with van der Waals surface area (Å²) in [6.07, 6.45) is 2.03. The molecule has 3 heterocycles. The van der Waals surface area contributed by atoms with E-state index in [0.29, 0.717) is 31.7 Å². The third-order valence-corrected chi connectivity index (χ3v) is 12.8. The maximum Gasteiger partial charge on any atom is 0.472 e. The van der Waals surface area contributed by atoms with Crippen LogP contribution in [0.5, 0.6) is 0 Å². The van der Waals surface area contributed by atoms with Crippen molar-refractivity contribution in [2.45, 2.75) is 106 Å². The largest absolute Gasteiger partial charge is 0.472 e. The molecule has 10 nitrogen and oxygen atoms in total. The monoisotopic (exact) mass is 674 g/mol. The summed E-state index contributed by atoms with van der Waals surface area (Å²) in [5.74, 6) is 2.00. The maximum atomic E-state index is 13.3. The van der Waals surface area contributed by atoms with Gasteiger partial charge in [0.2, 0.25) is 5.91 Å². The summed E-state index contributed by atoms with van der Waals surface area (Å²) in [6, 6.07) is 9.95. The number of amides is 1. The van der Waals surface area contributed by atoms with E-state index in [2.05, 4.69) is 10.6 Å². The van der Waals surface area contributed by atoms with Crippen LogP contribution in [0.1, 0.15) is 57.9 Å². The molecule has 10 atom stereocenters. The molecule has 1 amide bonds. The molecular weight excluding hydrogens is 623 g/mol. The number of hydrogen-bond acceptors (Lipinski definition) is 10. The van der Waals surface area contributed by atoms with E-state index >= 15 is 0 Å². The Morgan fingerprint density at radius 1 is 1.11 bits per heavy atom. The van der Waals surface area contributed by atoms with Crippen molar-refractivity contribution in [3.63, 3.8) is 0 Å². The molecule has 3 fully saturated rings. The third-order valence-electron chi connectivity index (χ3n) is 8.63. The van der Waals surface area contributed by atoms with Gasteiger partial charge in [-0.1, -0.05) is 37.3 Å². The van der Waals surface area contributed by atoms with Crippen molar-refractivity contribution in [2.75, 3.05) is 38.2 Å². The van der Waals surface area contributed by atoms with Gasteiger partial charge in [0.25, 0.3) is 0 Å². The molecule has 0 radical (unpaired) electrons. The van der Waals surface area contributed by atoms with Crippen molar-refractivity contribution in [1.29, 1.82) is 0 Å². The number of carbonyl (C=O) groups excluding carboxylic acids is 1. The normalized spacial score (nSPS) is 38.4. The molecule has 250 valence electrons. The van der Waals surface area contributed by atoms with Crippen LogP contribution in [0.2, 0.25) is 0 Å². The summed E-state index contributed by atoms with van der Waals surface area (Å²) < 4.78 is 37.1. The molecule has 0 spiro atoms. The van der Waals surface area contributed by atoms with Crippen molar-refractivity contribution in [3.8, 4) is 0 Å². The summed E-state index contributed by atoms with van der Waals surface area (Å²) >= 11 is 3.32. The second-order valence-corrected chi connectivity index (χ2v) is 15.9. The molecule has 1 aromatic rings. The number of benzene rings is 1. The van der Waals surface area contributed by atoms with Crippen LogP contribution in [-0.4, -0.2) is 101 Å². The van der Waals surface area contributed by atoms with E-state index in [9.17, 15) is 19.4 Å². The first-order valence-corrected chi connectivity index (χ1v) is 19.6. The number of hydrogen-bond donors (Lipinski definition) is 4. The number of fused-ring (bicyclic) bond motifs is 3. The van der Waals surface area contributed by atoms with Crippen molar-refractivity contribution >= 4 is 37.3 Å². The zero-order valence-electron chi connectivity index (χ0n) is 26.2. The van der Waals surface area contributed by atoms with Gasteiger partial charge in [-0.05, 0) is 82.0 Å². The fourth-order valence-corrected chi connectivity index (χ4v) is 10.2. The zero-order chi connectivity index (χ0) is 31.5. The van der Waals surface area contributed by atoms with Crippen molar-refractivity contribution in [3.05, 3.63) is 35.9 Å². The van der Waals surface area contributed by atoms with Gasteiger partial charge in [0.1, 0.15) is 12.2 Å². The molecule has 13 heteroatoms. The van der Waals surface area contributed by atoms with Gasteiger partial charge in [0.15, 0.2) is 0 Å². The number of rotatable bonds is 6. The number of phosphoric acid groups is 1. The van der Waals surface area contributed by atoms with Crippen molar-refractivity contribution in [2.24, 2.45) is 5.92 Å². The fraction of sp³-hybridized carbons (Fsp3) is 0.774. The second kappa shape index (κ2) is 18.0. The van der Waals surface area contributed by atoms with Crippen LogP contribution in [0.3, 0.4) is 0 Å². The van der Waals surface area contributed by atoms with Gasteiger partial charge in [0.05, 0.1) is 41.5 Å². The van der Waals surface area contributed by atoms with E-state index < -0.39 is 26.1 Å². The first kappa shape index (κ1) is 36.2. The predicted octanol–water partition coefficient (Wildman–Crippen LogP) is 4.18. The van der Waals surface area contributed by atoms with Gasteiger partial charge in [-0.3, -0.25) is 13.8 Å². The Balaban J connectivity index is 1.49. The van der Waals surface area contributed by atoms with Crippen LogP contribution >= 0.6 is 31.3 Å². The number of phosphoric ester groups is 1. The molecule has 1 aromatic carbocycles. The summed E-state index contributed by atoms with van der Waals surface area (Å²) in [6.45, 7) is 5.17. The number of thioether (sulfide) groups is 2. The molecule has 0 aliphatic carbocycles. The summed E-state index contributed by atoms with van der Waals surface area (Å²) in [7, 11) is -2.56. The molecule has 3 saturated heterocycles. The van der Waals surface area contributed by atoms with Gasteiger partial charge < -0.3 is 30.1 Å². The Kier molecular flexibility index (Phi) is 14.8. The molecule has 4 unspecified atom stereocenters. The van der Waals surface area contributed by atoms with E-state index in [1.807, 2.05) is 51.2 Å². The molecule has 3 aliphatic heterocycles. The Bertz CT molecular complexity index is 1060. The lowest BCUT2D eigenvalue weighted by Crippen LogP contribution is -2.34. The molecule has 4 rings (SSSR count). The van der Waals surface area contributed by atoms with Crippen LogP contribution in [0.4, 0.5) is 0 Å². The Hall–Kier alpha value is -0.660. The topological polar surface area (TPSA) is 136 Å². The van der Waals surface area contributed by atoms with E-state index in [-0.39, 0.29) is 41.3 Å². The molecule has 0 aromatic heterocycles. The number of ether oxygens (including phenoxy) is 2. The van der Waals surface area contributed by atoms with Crippen molar-refractivity contribution in [1.82, 2.24) is 10.6 Å². The predicted molar refractivity (Wildman–Crippen MR) is 176 cm³/mol. The molecule has 0 saturated carbocycles. The Labute approximate surface area is 271 Å². The number of nitrogens with one attached hydrogen (secondary N) is 2. The lowest BCUT2D eigenvalue weighted by Gasteiger charge is -2.27. The maximum absolute atomic E-state index is 13.3. The molecule has 4 N–H and O–H groups in total. The summed E-state index contributed by atoms with van der Waals surface area (Å²) in [4.78, 5) is 23.5. The van der Waals surface area contributed by atoms with Gasteiger partial charge in [-0.25, -0.2) is 4.57 Å². The summed E-state index contributed by atoms with van der Waals surface area (Å²) in [5, 5.41) is 17.2. The van der Waals surface area contributed by atoms with Crippen LogP contribution in [0.15, 0.2) is 30.3 Å². The minimum Gasteiger partial charge on any atom is -0.389 e. The highest BCUT2D eigenvalue weighted by atomic mass is 32.2. The quantitative estimate of drug-likeness (QED) is 0.324. The molecule has 44 heavy (non-hydrogen) atoms. The number of aliphatic hydroxyl groups excluding tert-OH is 1. The van der Waals surface area contributed by atoms with E-state index in [0.717, 1.165) is 49.3 Å². The highest BCUT2D eigenvalue weighted by Gasteiger charge is 2.48. The standard InChI is InChI=1S/C31H51N2O8PS2/c1-4-24-29-30(21(2)39-24)44-20-23(13-15-32-3)14-16-33-27(34)12-8-9-17-43-31-25(18-22-10-6-5-7-11-22)40-26(28(31)35)19-38-42(36,37)41-29/h5-7,10-11,21,23-26,28-32,35H,4,8-9,12-20H2,1-3H3,(H,33,34)(H,36,37)/t21-,23?,24+,25-,26+,28?,29?,30+,31+/m0/s1. The lowest BCUT2D eigenvalue weighted by molar-refractivity contribution is -0.121. The van der Waals surface area contributed by atoms with Gasteiger partial charge in [-0.15, -0.1) is 0 Å². The van der Waals surface area contributed by atoms with Gasteiger partial charge >= 0.3 is 7.82 Å². The SMILES string of the molecule is CC[C@H]1O[C@@H](C)[C@H]2SCC(CCNC)CCNC(=O)CCCCS[C@H]3C(O)[C@@H](COP(=O)(O)OC12)O[C@H]3Cc1ccccc1. The molecule has 3 aliphatic rings. The van der Waals surface area contributed by atoms with Crippen LogP contribution in [0, 0.1) is 5.92 Å². The smallest absolute Gasteiger partial charge is 0.389 e. The average Bonchev–Trinajstić information content (AvgIpc) is 3.46. The second-order valence-electron chi connectivity index (χ2n) is 12.0. The van der Waals surface area contributed by atoms with E-state index in [4.69, 9.17) is 18.5 Å². The number of aliphatic hydroxyl groups is 1. The lowest BCUT2D eigenvalue weighted by atomic mass is 10.0. The minimum absolute atomic E-state index is 0.0695. The first-order chi connectivity index (χ1) is 21.2. The first-order valence-electron chi connectivity index (χ1n) is 16.0. The Morgan fingerprint density at radius 2 is 1.91 bits per heavy atom.